The van der Waals surface area contributed by atoms with Gasteiger partial charge in [-0.3, -0.25) is 0 Å². The van der Waals surface area contributed by atoms with E-state index in [-0.39, 0.29) is 5.56 Å². The van der Waals surface area contributed by atoms with Crippen molar-refractivity contribution in [1.82, 2.24) is 4.57 Å². The van der Waals surface area contributed by atoms with Crippen LogP contribution in [0, 0.1) is 6.92 Å². The molecule has 1 atom stereocenters. The van der Waals surface area contributed by atoms with Crippen molar-refractivity contribution in [1.29, 1.82) is 0 Å². The number of nitrogens with one attached hydrogen (secondary N) is 1. The minimum absolute atomic E-state index is 0.0798. The number of aryl methyl sites for hydroxylation is 1. The van der Waals surface area contributed by atoms with Crippen LogP contribution in [0.4, 0.5) is 5.69 Å². The zero-order chi connectivity index (χ0) is 24.2. The average Bonchev–Trinajstić information content (AvgIpc) is 3.19. The molecule has 0 amide bonds. The summed E-state index contributed by atoms with van der Waals surface area (Å²) in [5.41, 5.74) is 4.61. The molecule has 4 rings (SSSR count). The largest absolute Gasteiger partial charge is 0.488 e. The Morgan fingerprint density at radius 1 is 1.06 bits per heavy atom. The van der Waals surface area contributed by atoms with Crippen molar-refractivity contribution in [2.45, 2.75) is 13.5 Å². The molecule has 0 radical (unpaired) electrons. The van der Waals surface area contributed by atoms with Crippen molar-refractivity contribution in [2.75, 3.05) is 11.0 Å². The fourth-order valence-electron chi connectivity index (χ4n) is 3.74. The molecule has 2 N–H and O–H groups in total. The van der Waals surface area contributed by atoms with Crippen LogP contribution < -0.4 is 9.46 Å². The normalized spacial score (nSPS) is 11.7. The molecule has 1 aromatic heterocycles. The second-order valence-corrected chi connectivity index (χ2v) is 9.29. The summed E-state index contributed by atoms with van der Waals surface area (Å²) in [5.74, 6) is -0.428. The second-order valence-electron chi connectivity index (χ2n) is 7.74. The lowest BCUT2D eigenvalue weighted by molar-refractivity contribution is 0.0697. The van der Waals surface area contributed by atoms with Gasteiger partial charge in [-0.05, 0) is 61.0 Å². The highest BCUT2D eigenvalue weighted by molar-refractivity contribution is 7.85. The third-order valence-electron chi connectivity index (χ3n) is 5.22. The van der Waals surface area contributed by atoms with Crippen molar-refractivity contribution < 1.29 is 18.8 Å². The van der Waals surface area contributed by atoms with Gasteiger partial charge in [0.25, 0.3) is 0 Å². The minimum atomic E-state index is -1.36. The standard InChI is InChI=1S/C26H23ClN2O4S/c1-17-8-10-24(29(17)22-13-19(26(30)31)12-21(15-22)28-34(2)32)23-14-20(27)9-11-25(23)33-16-18-6-4-3-5-7-18/h3-15,28H,16H2,1-2H3,(H,30,31). The fourth-order valence-corrected chi connectivity index (χ4v) is 4.37. The Balaban J connectivity index is 1.81. The smallest absolute Gasteiger partial charge is 0.335 e. The molecule has 8 heteroatoms. The van der Waals surface area contributed by atoms with Crippen LogP contribution in [0.3, 0.4) is 0 Å². The molecular formula is C26H23ClN2O4S. The van der Waals surface area contributed by atoms with Gasteiger partial charge in [0.15, 0.2) is 0 Å². The Morgan fingerprint density at radius 3 is 2.53 bits per heavy atom. The third kappa shape index (κ3) is 5.32. The van der Waals surface area contributed by atoms with E-state index in [1.807, 2.05) is 66.1 Å². The van der Waals surface area contributed by atoms with E-state index >= 15 is 0 Å². The molecule has 0 spiro atoms. The van der Waals surface area contributed by atoms with E-state index in [1.165, 1.54) is 12.3 Å². The summed E-state index contributed by atoms with van der Waals surface area (Å²) < 4.78 is 22.6. The number of hydrogen-bond acceptors (Lipinski definition) is 3. The first-order chi connectivity index (χ1) is 16.3. The molecule has 174 valence electrons. The Kier molecular flexibility index (Phi) is 7.05. The zero-order valence-corrected chi connectivity index (χ0v) is 20.2. The number of rotatable bonds is 8. The number of hydrogen-bond donors (Lipinski definition) is 2. The fraction of sp³-hybridized carbons (Fsp3) is 0.115. The molecular weight excluding hydrogens is 472 g/mol. The summed E-state index contributed by atoms with van der Waals surface area (Å²) in [5, 5.41) is 10.2. The van der Waals surface area contributed by atoms with Gasteiger partial charge in [-0.1, -0.05) is 41.9 Å². The minimum Gasteiger partial charge on any atom is -0.488 e. The van der Waals surface area contributed by atoms with E-state index in [4.69, 9.17) is 16.3 Å². The summed E-state index contributed by atoms with van der Waals surface area (Å²) in [6, 6.07) is 24.0. The molecule has 1 heterocycles. The Labute approximate surface area is 205 Å². The van der Waals surface area contributed by atoms with E-state index < -0.39 is 17.0 Å². The zero-order valence-electron chi connectivity index (χ0n) is 18.6. The topological polar surface area (TPSA) is 80.6 Å². The number of aromatic carboxylic acids is 1. The van der Waals surface area contributed by atoms with Crippen LogP contribution in [-0.2, 0) is 17.6 Å². The number of aromatic nitrogens is 1. The predicted molar refractivity (Wildman–Crippen MR) is 136 cm³/mol. The lowest BCUT2D eigenvalue weighted by atomic mass is 10.1. The molecule has 6 nitrogen and oxygen atoms in total. The first-order valence-electron chi connectivity index (χ1n) is 10.5. The number of benzene rings is 3. The van der Waals surface area contributed by atoms with Crippen LogP contribution in [0.25, 0.3) is 16.9 Å². The van der Waals surface area contributed by atoms with Gasteiger partial charge in [-0.2, -0.15) is 0 Å². The molecule has 0 bridgehead atoms. The molecule has 4 aromatic rings. The highest BCUT2D eigenvalue weighted by atomic mass is 35.5. The van der Waals surface area contributed by atoms with Crippen molar-refractivity contribution in [3.05, 3.63) is 101 Å². The van der Waals surface area contributed by atoms with Gasteiger partial charge in [0.05, 0.1) is 11.3 Å². The molecule has 0 aliphatic rings. The second kappa shape index (κ2) is 10.2. The van der Waals surface area contributed by atoms with Crippen molar-refractivity contribution in [3.63, 3.8) is 0 Å². The van der Waals surface area contributed by atoms with E-state index in [2.05, 4.69) is 4.72 Å². The molecule has 3 aromatic carbocycles. The van der Waals surface area contributed by atoms with Crippen LogP contribution in [0.1, 0.15) is 21.6 Å². The summed E-state index contributed by atoms with van der Waals surface area (Å²) in [6.45, 7) is 2.32. The monoisotopic (exact) mass is 494 g/mol. The maximum Gasteiger partial charge on any atom is 0.335 e. The molecule has 0 fully saturated rings. The maximum absolute atomic E-state index is 11.8. The number of halogens is 1. The summed E-state index contributed by atoms with van der Waals surface area (Å²) >= 11 is 6.35. The highest BCUT2D eigenvalue weighted by Gasteiger charge is 2.17. The molecule has 0 aliphatic heterocycles. The first-order valence-corrected chi connectivity index (χ1v) is 12.4. The number of carboxylic acids is 1. The van der Waals surface area contributed by atoms with Crippen LogP contribution >= 0.6 is 11.6 Å². The van der Waals surface area contributed by atoms with Gasteiger partial charge in [0, 0.05) is 33.9 Å². The van der Waals surface area contributed by atoms with Crippen LogP contribution in [0.15, 0.2) is 78.9 Å². The Morgan fingerprint density at radius 2 is 1.82 bits per heavy atom. The Bertz CT molecular complexity index is 1370. The molecule has 0 aliphatic carbocycles. The number of anilines is 1. The van der Waals surface area contributed by atoms with Crippen LogP contribution in [0.2, 0.25) is 5.02 Å². The average molecular weight is 495 g/mol. The van der Waals surface area contributed by atoms with Crippen LogP contribution in [-0.4, -0.2) is 26.1 Å². The number of carboxylic acid groups (broad SMARTS) is 1. The lowest BCUT2D eigenvalue weighted by Gasteiger charge is -2.17. The number of ether oxygens (including phenoxy) is 1. The van der Waals surface area contributed by atoms with E-state index in [0.717, 1.165) is 22.5 Å². The Hall–Kier alpha value is -3.55. The summed E-state index contributed by atoms with van der Waals surface area (Å²) in [4.78, 5) is 11.8. The van der Waals surface area contributed by atoms with E-state index in [1.54, 1.807) is 18.2 Å². The SMILES string of the molecule is Cc1ccc(-c2cc(Cl)ccc2OCc2ccccc2)n1-c1cc(NS(C)=O)cc(C(=O)O)c1. The highest BCUT2D eigenvalue weighted by Crippen LogP contribution is 2.36. The first kappa shape index (κ1) is 23.6. The van der Waals surface area contributed by atoms with Gasteiger partial charge < -0.3 is 19.1 Å². The number of nitrogens with zero attached hydrogens (tertiary/aromatic N) is 1. The van der Waals surface area contributed by atoms with Crippen molar-refractivity contribution in [3.8, 4) is 22.7 Å². The molecule has 0 saturated carbocycles. The molecule has 1 unspecified atom stereocenters. The van der Waals surface area contributed by atoms with E-state index in [0.29, 0.717) is 28.8 Å². The third-order valence-corrected chi connectivity index (χ3v) is 5.97. The van der Waals surface area contributed by atoms with Crippen molar-refractivity contribution in [2.24, 2.45) is 0 Å². The van der Waals surface area contributed by atoms with Crippen LogP contribution in [0.5, 0.6) is 5.75 Å². The van der Waals surface area contributed by atoms with Gasteiger partial charge in [0.1, 0.15) is 23.3 Å². The van der Waals surface area contributed by atoms with Crippen molar-refractivity contribution >= 4 is 34.2 Å². The quantitative estimate of drug-likeness (QED) is 0.310. The molecule has 34 heavy (non-hydrogen) atoms. The predicted octanol–water partition coefficient (Wildman–Crippen LogP) is 6.09. The lowest BCUT2D eigenvalue weighted by Crippen LogP contribution is -2.07. The van der Waals surface area contributed by atoms with Gasteiger partial charge in [-0.25, -0.2) is 9.00 Å². The summed E-state index contributed by atoms with van der Waals surface area (Å²) in [6.07, 6.45) is 1.49. The molecule has 0 saturated heterocycles. The van der Waals surface area contributed by atoms with Gasteiger partial charge >= 0.3 is 5.97 Å². The van der Waals surface area contributed by atoms with E-state index in [9.17, 15) is 14.1 Å². The van der Waals surface area contributed by atoms with Gasteiger partial charge in [0.2, 0.25) is 0 Å². The summed E-state index contributed by atoms with van der Waals surface area (Å²) in [7, 11) is -1.36. The van der Waals surface area contributed by atoms with Gasteiger partial charge in [-0.15, -0.1) is 0 Å². The number of carbonyl (C=O) groups is 1. The maximum atomic E-state index is 11.8.